The van der Waals surface area contributed by atoms with Crippen LogP contribution in [0.5, 0.6) is 0 Å². The van der Waals surface area contributed by atoms with E-state index in [0.29, 0.717) is 0 Å². The summed E-state index contributed by atoms with van der Waals surface area (Å²) < 4.78 is 5.89. The molecule has 0 radical (unpaired) electrons. The molecule has 1 fully saturated rings. The normalized spacial score (nSPS) is 29.5. The van der Waals surface area contributed by atoms with Crippen LogP contribution in [0.4, 0.5) is 0 Å². The molecule has 1 saturated carbocycles. The van der Waals surface area contributed by atoms with Crippen LogP contribution in [0.2, 0.25) is 0 Å². The Morgan fingerprint density at radius 1 is 1.33 bits per heavy atom. The first-order valence-electron chi connectivity index (χ1n) is 6.89. The molecular formula is C15H25NOS. The Labute approximate surface area is 115 Å². The minimum absolute atomic E-state index is 0.110. The molecule has 1 heterocycles. The highest BCUT2D eigenvalue weighted by Gasteiger charge is 2.39. The van der Waals surface area contributed by atoms with Crippen LogP contribution in [0.15, 0.2) is 5.38 Å². The smallest absolute Gasteiger partial charge is 0.125 e. The van der Waals surface area contributed by atoms with E-state index in [1.54, 1.807) is 11.3 Å². The Morgan fingerprint density at radius 3 is 2.39 bits per heavy atom. The van der Waals surface area contributed by atoms with Gasteiger partial charge in [0.2, 0.25) is 0 Å². The Hall–Kier alpha value is -0.410. The summed E-state index contributed by atoms with van der Waals surface area (Å²) in [5.41, 5.74) is 1.21. The topological polar surface area (TPSA) is 22.1 Å². The standard InChI is InChI=1S/C15H25NOS/c1-11-6-8-15(17-5,9-7-11)13-16-12(10-18-13)14(2,3)4/h10-11H,6-9H2,1-5H3. The molecule has 0 saturated heterocycles. The zero-order valence-electron chi connectivity index (χ0n) is 12.2. The lowest BCUT2D eigenvalue weighted by atomic mass is 9.79. The largest absolute Gasteiger partial charge is 0.371 e. The van der Waals surface area contributed by atoms with Crippen LogP contribution in [-0.2, 0) is 15.8 Å². The number of ether oxygens (including phenoxy) is 1. The van der Waals surface area contributed by atoms with Crippen LogP contribution < -0.4 is 0 Å². The number of rotatable bonds is 2. The van der Waals surface area contributed by atoms with Crippen molar-refractivity contribution < 1.29 is 4.74 Å². The number of hydrogen-bond acceptors (Lipinski definition) is 3. The van der Waals surface area contributed by atoms with Crippen LogP contribution >= 0.6 is 11.3 Å². The molecule has 2 rings (SSSR count). The maximum absolute atomic E-state index is 5.89. The molecule has 0 aromatic carbocycles. The van der Waals surface area contributed by atoms with E-state index in [2.05, 4.69) is 33.1 Å². The van der Waals surface area contributed by atoms with E-state index in [-0.39, 0.29) is 11.0 Å². The molecule has 0 spiro atoms. The fraction of sp³-hybridized carbons (Fsp3) is 0.800. The number of thiazole rings is 1. The lowest BCUT2D eigenvalue weighted by Gasteiger charge is -2.36. The zero-order chi connectivity index (χ0) is 13.4. The zero-order valence-corrected chi connectivity index (χ0v) is 13.1. The molecule has 1 aromatic heterocycles. The fourth-order valence-corrected chi connectivity index (χ4v) is 3.84. The minimum atomic E-state index is -0.110. The number of hydrogen-bond donors (Lipinski definition) is 0. The summed E-state index contributed by atoms with van der Waals surface area (Å²) in [5, 5.41) is 3.38. The second kappa shape index (κ2) is 4.93. The fourth-order valence-electron chi connectivity index (χ4n) is 2.56. The van der Waals surface area contributed by atoms with Crippen LogP contribution in [-0.4, -0.2) is 12.1 Å². The van der Waals surface area contributed by atoms with Gasteiger partial charge in [-0.25, -0.2) is 4.98 Å². The van der Waals surface area contributed by atoms with E-state index in [0.717, 1.165) is 18.8 Å². The van der Waals surface area contributed by atoms with Gasteiger partial charge < -0.3 is 4.74 Å². The predicted molar refractivity (Wildman–Crippen MR) is 77.1 cm³/mol. The van der Waals surface area contributed by atoms with Gasteiger partial charge in [-0.2, -0.15) is 0 Å². The van der Waals surface area contributed by atoms with E-state index in [9.17, 15) is 0 Å². The Balaban J connectivity index is 2.25. The summed E-state index contributed by atoms with van der Waals surface area (Å²) in [7, 11) is 1.84. The SMILES string of the molecule is COC1(c2nc(C(C)(C)C)cs2)CCC(C)CC1. The predicted octanol–water partition coefficient (Wildman–Crippen LogP) is 4.49. The summed E-state index contributed by atoms with van der Waals surface area (Å²) in [6, 6.07) is 0. The van der Waals surface area contributed by atoms with E-state index < -0.39 is 0 Å². The van der Waals surface area contributed by atoms with Crippen LogP contribution in [0.3, 0.4) is 0 Å². The van der Waals surface area contributed by atoms with Gasteiger partial charge >= 0.3 is 0 Å². The third-order valence-corrected chi connectivity index (χ3v) is 5.16. The second-order valence-electron chi connectivity index (χ2n) is 6.67. The maximum atomic E-state index is 5.89. The highest BCUT2D eigenvalue weighted by atomic mass is 32.1. The van der Waals surface area contributed by atoms with Gasteiger partial charge in [0.25, 0.3) is 0 Å². The number of aromatic nitrogens is 1. The quantitative estimate of drug-likeness (QED) is 0.787. The van der Waals surface area contributed by atoms with Crippen molar-refractivity contribution in [2.75, 3.05) is 7.11 Å². The molecule has 3 heteroatoms. The third-order valence-electron chi connectivity index (χ3n) is 4.14. The van der Waals surface area contributed by atoms with Gasteiger partial charge in [-0.3, -0.25) is 0 Å². The average Bonchev–Trinajstić information content (AvgIpc) is 2.80. The minimum Gasteiger partial charge on any atom is -0.371 e. The second-order valence-corrected chi connectivity index (χ2v) is 7.53. The van der Waals surface area contributed by atoms with Gasteiger partial charge in [0.05, 0.1) is 5.69 Å². The van der Waals surface area contributed by atoms with E-state index >= 15 is 0 Å². The van der Waals surface area contributed by atoms with Gasteiger partial charge in [0, 0.05) is 17.9 Å². The average molecular weight is 267 g/mol. The van der Waals surface area contributed by atoms with Crippen molar-refractivity contribution in [3.8, 4) is 0 Å². The highest BCUT2D eigenvalue weighted by molar-refractivity contribution is 7.09. The first-order chi connectivity index (χ1) is 8.37. The first-order valence-corrected chi connectivity index (χ1v) is 7.77. The molecular weight excluding hydrogens is 242 g/mol. The van der Waals surface area contributed by atoms with Crippen LogP contribution in [0.1, 0.15) is 64.1 Å². The molecule has 0 bridgehead atoms. The summed E-state index contributed by atoms with van der Waals surface area (Å²) in [4.78, 5) is 4.87. The molecule has 102 valence electrons. The van der Waals surface area contributed by atoms with E-state index in [1.165, 1.54) is 23.5 Å². The molecule has 1 aliphatic carbocycles. The Bertz CT molecular complexity index is 397. The number of nitrogens with zero attached hydrogens (tertiary/aromatic N) is 1. The first kappa shape index (κ1) is 14.0. The summed E-state index contributed by atoms with van der Waals surface area (Å²) in [6.45, 7) is 8.98. The Morgan fingerprint density at radius 2 is 1.94 bits per heavy atom. The highest BCUT2D eigenvalue weighted by Crippen LogP contribution is 2.43. The van der Waals surface area contributed by atoms with Crippen molar-refractivity contribution in [3.63, 3.8) is 0 Å². The molecule has 0 N–H and O–H groups in total. The maximum Gasteiger partial charge on any atom is 0.125 e. The Kier molecular flexibility index (Phi) is 3.84. The van der Waals surface area contributed by atoms with Crippen molar-refractivity contribution in [1.82, 2.24) is 4.98 Å². The summed E-state index contributed by atoms with van der Waals surface area (Å²) in [5.74, 6) is 0.829. The van der Waals surface area contributed by atoms with Gasteiger partial charge in [0.1, 0.15) is 10.6 Å². The van der Waals surface area contributed by atoms with Crippen molar-refractivity contribution in [2.24, 2.45) is 5.92 Å². The number of methoxy groups -OCH3 is 1. The van der Waals surface area contributed by atoms with Crippen LogP contribution in [0.25, 0.3) is 0 Å². The third kappa shape index (κ3) is 2.62. The molecule has 2 nitrogen and oxygen atoms in total. The van der Waals surface area contributed by atoms with E-state index in [1.807, 2.05) is 7.11 Å². The van der Waals surface area contributed by atoms with Crippen molar-refractivity contribution in [2.45, 2.75) is 64.4 Å². The lowest BCUT2D eigenvalue weighted by Crippen LogP contribution is -2.33. The molecule has 0 amide bonds. The van der Waals surface area contributed by atoms with Gasteiger partial charge in [-0.15, -0.1) is 11.3 Å². The van der Waals surface area contributed by atoms with Gasteiger partial charge in [0.15, 0.2) is 0 Å². The van der Waals surface area contributed by atoms with Gasteiger partial charge in [-0.05, 0) is 31.6 Å². The van der Waals surface area contributed by atoms with Crippen molar-refractivity contribution in [3.05, 3.63) is 16.1 Å². The van der Waals surface area contributed by atoms with E-state index in [4.69, 9.17) is 9.72 Å². The monoisotopic (exact) mass is 267 g/mol. The molecule has 18 heavy (non-hydrogen) atoms. The van der Waals surface area contributed by atoms with Crippen molar-refractivity contribution in [1.29, 1.82) is 0 Å². The van der Waals surface area contributed by atoms with Gasteiger partial charge in [-0.1, -0.05) is 27.7 Å². The molecule has 1 aromatic rings. The molecule has 0 aliphatic heterocycles. The molecule has 1 aliphatic rings. The van der Waals surface area contributed by atoms with Crippen molar-refractivity contribution >= 4 is 11.3 Å². The van der Waals surface area contributed by atoms with Crippen LogP contribution in [0, 0.1) is 5.92 Å². The lowest BCUT2D eigenvalue weighted by molar-refractivity contribution is -0.0532. The molecule has 0 unspecified atom stereocenters. The summed E-state index contributed by atoms with van der Waals surface area (Å²) in [6.07, 6.45) is 4.72. The summed E-state index contributed by atoms with van der Waals surface area (Å²) >= 11 is 1.77. The molecule has 0 atom stereocenters.